The van der Waals surface area contributed by atoms with Crippen molar-refractivity contribution < 1.29 is 22.7 Å². The average Bonchev–Trinajstić information content (AvgIpc) is 3.02. The SMILES string of the molecule is CS(=O)(=O)c1ccc2nc(NC(=O)Cc3cc4c(cc3Br)OCCO4)sc2c1. The van der Waals surface area contributed by atoms with Crippen LogP contribution in [0.4, 0.5) is 5.13 Å². The van der Waals surface area contributed by atoms with E-state index in [9.17, 15) is 13.2 Å². The molecule has 1 amide bonds. The van der Waals surface area contributed by atoms with Crippen LogP contribution in [0.25, 0.3) is 10.2 Å². The number of sulfone groups is 1. The fraction of sp³-hybridized carbons (Fsp3) is 0.222. The lowest BCUT2D eigenvalue weighted by Gasteiger charge is -2.19. The van der Waals surface area contributed by atoms with Crippen molar-refractivity contribution in [1.82, 2.24) is 4.98 Å². The predicted octanol–water partition coefficient (Wildman–Crippen LogP) is 3.41. The van der Waals surface area contributed by atoms with Crippen molar-refractivity contribution in [2.45, 2.75) is 11.3 Å². The molecule has 0 atom stereocenters. The summed E-state index contributed by atoms with van der Waals surface area (Å²) in [7, 11) is -3.30. The summed E-state index contributed by atoms with van der Waals surface area (Å²) >= 11 is 4.69. The second-order valence-electron chi connectivity index (χ2n) is 6.23. The molecule has 1 aromatic heterocycles. The Morgan fingerprint density at radius 3 is 2.64 bits per heavy atom. The number of nitrogens with one attached hydrogen (secondary N) is 1. The molecule has 0 saturated heterocycles. The first kappa shape index (κ1) is 19.2. The lowest BCUT2D eigenvalue weighted by molar-refractivity contribution is -0.115. The van der Waals surface area contributed by atoms with Crippen molar-refractivity contribution in [3.05, 3.63) is 40.4 Å². The Balaban J connectivity index is 1.52. The number of nitrogens with zero attached hydrogens (tertiary/aromatic N) is 1. The third-order valence-electron chi connectivity index (χ3n) is 4.10. The molecule has 0 spiro atoms. The molecule has 0 bridgehead atoms. The largest absolute Gasteiger partial charge is 0.486 e. The van der Waals surface area contributed by atoms with Crippen LogP contribution in [0.5, 0.6) is 11.5 Å². The van der Waals surface area contributed by atoms with E-state index in [0.29, 0.717) is 40.1 Å². The molecule has 1 aliphatic heterocycles. The highest BCUT2D eigenvalue weighted by atomic mass is 79.9. The first-order chi connectivity index (χ1) is 13.3. The summed E-state index contributed by atoms with van der Waals surface area (Å²) in [6.07, 6.45) is 1.28. The number of amides is 1. The van der Waals surface area contributed by atoms with Gasteiger partial charge in [0.15, 0.2) is 26.5 Å². The van der Waals surface area contributed by atoms with Crippen LogP contribution in [0, 0.1) is 0 Å². The predicted molar refractivity (Wildman–Crippen MR) is 110 cm³/mol. The molecule has 0 aliphatic carbocycles. The summed E-state index contributed by atoms with van der Waals surface area (Å²) in [4.78, 5) is 17.0. The molecule has 10 heteroatoms. The van der Waals surface area contributed by atoms with Gasteiger partial charge in [-0.25, -0.2) is 13.4 Å². The Kier molecular flexibility index (Phi) is 5.02. The quantitative estimate of drug-likeness (QED) is 0.611. The average molecular weight is 483 g/mol. The van der Waals surface area contributed by atoms with Crippen molar-refractivity contribution in [2.24, 2.45) is 0 Å². The molecule has 0 fully saturated rings. The highest BCUT2D eigenvalue weighted by molar-refractivity contribution is 9.10. The number of carbonyl (C=O) groups is 1. The van der Waals surface area contributed by atoms with Gasteiger partial charge in [-0.2, -0.15) is 0 Å². The number of halogens is 1. The van der Waals surface area contributed by atoms with Crippen LogP contribution < -0.4 is 14.8 Å². The Hall–Kier alpha value is -2.17. The molecule has 3 aromatic rings. The third-order valence-corrected chi connectivity index (χ3v) is 6.88. The molecule has 4 rings (SSSR count). The molecule has 146 valence electrons. The molecule has 28 heavy (non-hydrogen) atoms. The van der Waals surface area contributed by atoms with E-state index in [2.05, 4.69) is 26.2 Å². The highest BCUT2D eigenvalue weighted by Crippen LogP contribution is 2.36. The minimum absolute atomic E-state index is 0.127. The molecule has 2 aromatic carbocycles. The summed E-state index contributed by atoms with van der Waals surface area (Å²) in [5.74, 6) is 1.03. The maximum Gasteiger partial charge on any atom is 0.230 e. The van der Waals surface area contributed by atoms with Gasteiger partial charge < -0.3 is 14.8 Å². The van der Waals surface area contributed by atoms with Gasteiger partial charge in [-0.15, -0.1) is 0 Å². The maximum atomic E-state index is 12.5. The number of fused-ring (bicyclic) bond motifs is 2. The van der Waals surface area contributed by atoms with Gasteiger partial charge >= 0.3 is 0 Å². The standard InChI is InChI=1S/C18H15BrN2O5S2/c1-28(23,24)11-2-3-13-16(8-11)27-18(20-13)21-17(22)7-10-6-14-15(9-12(10)19)26-5-4-25-14/h2-3,6,8-9H,4-5,7H2,1H3,(H,20,21,22). The van der Waals surface area contributed by atoms with Crippen LogP contribution in [0.1, 0.15) is 5.56 Å². The van der Waals surface area contributed by atoms with E-state index in [4.69, 9.17) is 9.47 Å². The van der Waals surface area contributed by atoms with Crippen LogP contribution in [-0.4, -0.2) is 38.8 Å². The van der Waals surface area contributed by atoms with Gasteiger partial charge in [-0.3, -0.25) is 4.79 Å². The van der Waals surface area contributed by atoms with E-state index >= 15 is 0 Å². The lowest BCUT2D eigenvalue weighted by atomic mass is 10.1. The van der Waals surface area contributed by atoms with Crippen molar-refractivity contribution in [2.75, 3.05) is 24.8 Å². The van der Waals surface area contributed by atoms with Crippen molar-refractivity contribution in [3.63, 3.8) is 0 Å². The van der Waals surface area contributed by atoms with E-state index < -0.39 is 9.84 Å². The zero-order valence-electron chi connectivity index (χ0n) is 14.7. The molecule has 1 N–H and O–H groups in total. The van der Waals surface area contributed by atoms with Gasteiger partial charge in [0.2, 0.25) is 5.91 Å². The molecule has 1 aliphatic rings. The molecule has 0 saturated carbocycles. The van der Waals surface area contributed by atoms with E-state index in [1.165, 1.54) is 17.4 Å². The van der Waals surface area contributed by atoms with E-state index in [1.54, 1.807) is 24.3 Å². The molecule has 0 unspecified atom stereocenters. The minimum atomic E-state index is -3.30. The number of hydrogen-bond donors (Lipinski definition) is 1. The second kappa shape index (κ2) is 7.34. The summed E-state index contributed by atoms with van der Waals surface area (Å²) in [5.41, 5.74) is 1.40. The zero-order chi connectivity index (χ0) is 19.9. The zero-order valence-corrected chi connectivity index (χ0v) is 17.9. The summed E-state index contributed by atoms with van der Waals surface area (Å²) in [6, 6.07) is 8.29. The Labute approximate surface area is 173 Å². The summed E-state index contributed by atoms with van der Waals surface area (Å²) in [5, 5.41) is 3.19. The monoisotopic (exact) mass is 482 g/mol. The van der Waals surface area contributed by atoms with Gasteiger partial charge in [0, 0.05) is 10.7 Å². The molecular formula is C18H15BrN2O5S2. The number of aromatic nitrogens is 1. The lowest BCUT2D eigenvalue weighted by Crippen LogP contribution is -2.17. The van der Waals surface area contributed by atoms with Crippen molar-refractivity contribution in [3.8, 4) is 11.5 Å². The maximum absolute atomic E-state index is 12.5. The number of ether oxygens (including phenoxy) is 2. The number of hydrogen-bond acceptors (Lipinski definition) is 7. The second-order valence-corrected chi connectivity index (χ2v) is 10.1. The Morgan fingerprint density at radius 1 is 1.21 bits per heavy atom. The fourth-order valence-corrected chi connectivity index (χ4v) is 4.87. The topological polar surface area (TPSA) is 94.6 Å². The van der Waals surface area contributed by atoms with Crippen LogP contribution in [0.2, 0.25) is 0 Å². The van der Waals surface area contributed by atoms with Crippen LogP contribution in [0.15, 0.2) is 39.7 Å². The number of carbonyl (C=O) groups excluding carboxylic acids is 1. The summed E-state index contributed by atoms with van der Waals surface area (Å²) < 4.78 is 35.9. The van der Waals surface area contributed by atoms with E-state index in [0.717, 1.165) is 16.3 Å². The van der Waals surface area contributed by atoms with Gasteiger partial charge in [-0.1, -0.05) is 27.3 Å². The van der Waals surface area contributed by atoms with Gasteiger partial charge in [0.1, 0.15) is 13.2 Å². The van der Waals surface area contributed by atoms with Crippen LogP contribution in [0.3, 0.4) is 0 Å². The third kappa shape index (κ3) is 3.98. The number of rotatable bonds is 4. The fourth-order valence-electron chi connectivity index (χ4n) is 2.77. The van der Waals surface area contributed by atoms with E-state index in [-0.39, 0.29) is 17.2 Å². The Bertz CT molecular complexity index is 1190. The van der Waals surface area contributed by atoms with Crippen LogP contribution >= 0.6 is 27.3 Å². The molecule has 7 nitrogen and oxygen atoms in total. The molecule has 0 radical (unpaired) electrons. The summed E-state index contributed by atoms with van der Waals surface area (Å²) in [6.45, 7) is 0.972. The number of anilines is 1. The van der Waals surface area contributed by atoms with Crippen LogP contribution in [-0.2, 0) is 21.1 Å². The Morgan fingerprint density at radius 2 is 1.93 bits per heavy atom. The first-order valence-corrected chi connectivity index (χ1v) is 11.8. The number of thiazole rings is 1. The normalized spacial score (nSPS) is 13.5. The van der Waals surface area contributed by atoms with Gasteiger partial charge in [0.05, 0.1) is 21.5 Å². The van der Waals surface area contributed by atoms with Crippen molar-refractivity contribution >= 4 is 58.4 Å². The van der Waals surface area contributed by atoms with Gasteiger partial charge in [0.25, 0.3) is 0 Å². The first-order valence-electron chi connectivity index (χ1n) is 8.28. The molecular weight excluding hydrogens is 468 g/mol. The molecule has 2 heterocycles. The van der Waals surface area contributed by atoms with Gasteiger partial charge in [-0.05, 0) is 35.9 Å². The number of benzene rings is 2. The minimum Gasteiger partial charge on any atom is -0.486 e. The van der Waals surface area contributed by atoms with Crippen molar-refractivity contribution in [1.29, 1.82) is 0 Å². The smallest absolute Gasteiger partial charge is 0.230 e. The highest BCUT2D eigenvalue weighted by Gasteiger charge is 2.17. The van der Waals surface area contributed by atoms with E-state index in [1.807, 2.05) is 0 Å².